The molecule has 0 saturated heterocycles. The summed E-state index contributed by atoms with van der Waals surface area (Å²) in [5.74, 6) is 2.54. The minimum Gasteiger partial charge on any atom is -0.318 e. The van der Waals surface area contributed by atoms with Crippen LogP contribution in [-0.4, -0.2) is 4.57 Å². The summed E-state index contributed by atoms with van der Waals surface area (Å²) in [7, 11) is 1.73. The van der Waals surface area contributed by atoms with Crippen LogP contribution >= 0.6 is 0 Å². The molecule has 0 N–H and O–H groups in total. The zero-order chi connectivity index (χ0) is 10.1. The van der Waals surface area contributed by atoms with Crippen molar-refractivity contribution in [3.05, 3.63) is 46.4 Å². The molecular formula is C12H9NO. The van der Waals surface area contributed by atoms with Crippen LogP contribution in [0, 0.1) is 12.3 Å². The first-order chi connectivity index (χ1) is 6.72. The fraction of sp³-hybridized carbons (Fsp3) is 0.0833. The average molecular weight is 183 g/mol. The molecule has 0 saturated carbocycles. The van der Waals surface area contributed by atoms with Gasteiger partial charge in [0.2, 0.25) is 0 Å². The molecule has 14 heavy (non-hydrogen) atoms. The van der Waals surface area contributed by atoms with Crippen molar-refractivity contribution in [2.24, 2.45) is 7.05 Å². The number of nitrogens with zero attached hydrogens (tertiary/aromatic N) is 1. The first-order valence-corrected chi connectivity index (χ1v) is 4.28. The van der Waals surface area contributed by atoms with Gasteiger partial charge in [-0.2, -0.15) is 0 Å². The van der Waals surface area contributed by atoms with Crippen molar-refractivity contribution in [2.75, 3.05) is 0 Å². The van der Waals surface area contributed by atoms with Crippen molar-refractivity contribution in [1.82, 2.24) is 4.57 Å². The molecule has 0 bridgehead atoms. The van der Waals surface area contributed by atoms with Gasteiger partial charge in [0, 0.05) is 24.2 Å². The summed E-state index contributed by atoms with van der Waals surface area (Å²) in [6.45, 7) is 0. The number of aromatic nitrogens is 1. The van der Waals surface area contributed by atoms with Crippen molar-refractivity contribution >= 4 is 10.8 Å². The molecule has 68 valence electrons. The first-order valence-electron chi connectivity index (χ1n) is 4.28. The number of hydrogen-bond donors (Lipinski definition) is 0. The third-order valence-electron chi connectivity index (χ3n) is 2.25. The van der Waals surface area contributed by atoms with Gasteiger partial charge in [-0.05, 0) is 29.7 Å². The molecule has 2 rings (SSSR count). The molecule has 1 heterocycles. The van der Waals surface area contributed by atoms with Gasteiger partial charge < -0.3 is 4.57 Å². The summed E-state index contributed by atoms with van der Waals surface area (Å²) in [5, 5.41) is 1.59. The van der Waals surface area contributed by atoms with E-state index in [4.69, 9.17) is 6.42 Å². The lowest BCUT2D eigenvalue weighted by Crippen LogP contribution is -2.15. The van der Waals surface area contributed by atoms with E-state index in [1.54, 1.807) is 29.9 Å². The fourth-order valence-electron chi connectivity index (χ4n) is 1.43. The Labute approximate surface area is 81.8 Å². The van der Waals surface area contributed by atoms with Crippen molar-refractivity contribution in [2.45, 2.75) is 0 Å². The predicted molar refractivity (Wildman–Crippen MR) is 57.1 cm³/mol. The molecule has 0 radical (unpaired) electrons. The SMILES string of the molecule is C#Cc1ccc2c(=O)n(C)ccc2c1. The second-order valence-electron chi connectivity index (χ2n) is 3.18. The second kappa shape index (κ2) is 3.04. The van der Waals surface area contributed by atoms with E-state index >= 15 is 0 Å². The number of fused-ring (bicyclic) bond motifs is 1. The second-order valence-corrected chi connectivity index (χ2v) is 3.18. The van der Waals surface area contributed by atoms with Crippen molar-refractivity contribution < 1.29 is 0 Å². The van der Waals surface area contributed by atoms with Crippen LogP contribution in [0.3, 0.4) is 0 Å². The Bertz CT molecular complexity index is 587. The highest BCUT2D eigenvalue weighted by molar-refractivity contribution is 5.82. The topological polar surface area (TPSA) is 22.0 Å². The maximum atomic E-state index is 11.6. The van der Waals surface area contributed by atoms with Gasteiger partial charge in [-0.1, -0.05) is 5.92 Å². The van der Waals surface area contributed by atoms with Gasteiger partial charge in [-0.3, -0.25) is 4.79 Å². The Balaban J connectivity index is 2.90. The van der Waals surface area contributed by atoms with Crippen molar-refractivity contribution in [1.29, 1.82) is 0 Å². The maximum Gasteiger partial charge on any atom is 0.258 e. The molecule has 0 aliphatic rings. The molecule has 0 atom stereocenters. The molecular weight excluding hydrogens is 174 g/mol. The summed E-state index contributed by atoms with van der Waals surface area (Å²) in [4.78, 5) is 11.6. The standard InChI is InChI=1S/C12H9NO/c1-3-9-4-5-11-10(8-9)6-7-13(2)12(11)14/h1,4-8H,2H3. The number of terminal acetylenes is 1. The van der Waals surface area contributed by atoms with Gasteiger partial charge in [0.05, 0.1) is 0 Å². The number of rotatable bonds is 0. The Morgan fingerprint density at radius 2 is 2.14 bits per heavy atom. The lowest BCUT2D eigenvalue weighted by Gasteiger charge is -2.00. The van der Waals surface area contributed by atoms with Crippen molar-refractivity contribution in [3.8, 4) is 12.3 Å². The van der Waals surface area contributed by atoms with Crippen LogP contribution in [0.4, 0.5) is 0 Å². The van der Waals surface area contributed by atoms with Gasteiger partial charge in [-0.15, -0.1) is 6.42 Å². The predicted octanol–water partition coefficient (Wildman–Crippen LogP) is 1.52. The third-order valence-corrected chi connectivity index (χ3v) is 2.25. The summed E-state index contributed by atoms with van der Waals surface area (Å²) < 4.78 is 1.55. The van der Waals surface area contributed by atoms with E-state index in [9.17, 15) is 4.79 Å². The molecule has 0 amide bonds. The third kappa shape index (κ3) is 1.20. The molecule has 2 aromatic rings. The van der Waals surface area contributed by atoms with E-state index in [1.807, 2.05) is 12.1 Å². The van der Waals surface area contributed by atoms with E-state index in [-0.39, 0.29) is 5.56 Å². The summed E-state index contributed by atoms with van der Waals surface area (Å²) in [5.41, 5.74) is 0.803. The summed E-state index contributed by atoms with van der Waals surface area (Å²) in [6.07, 6.45) is 7.02. The lowest BCUT2D eigenvalue weighted by molar-refractivity contribution is 0.873. The van der Waals surface area contributed by atoms with Gasteiger partial charge >= 0.3 is 0 Å². The zero-order valence-electron chi connectivity index (χ0n) is 7.82. The Morgan fingerprint density at radius 1 is 1.36 bits per heavy atom. The smallest absolute Gasteiger partial charge is 0.258 e. The van der Waals surface area contributed by atoms with Crippen LogP contribution in [0.25, 0.3) is 10.8 Å². The quantitative estimate of drug-likeness (QED) is 0.567. The highest BCUT2D eigenvalue weighted by atomic mass is 16.1. The van der Waals surface area contributed by atoms with Crippen LogP contribution in [0.1, 0.15) is 5.56 Å². The molecule has 0 aliphatic heterocycles. The lowest BCUT2D eigenvalue weighted by atomic mass is 10.1. The van der Waals surface area contributed by atoms with Crippen LogP contribution in [0.2, 0.25) is 0 Å². The van der Waals surface area contributed by atoms with E-state index < -0.39 is 0 Å². The molecule has 2 nitrogen and oxygen atoms in total. The molecule has 0 fully saturated rings. The van der Waals surface area contributed by atoms with E-state index in [0.717, 1.165) is 10.9 Å². The van der Waals surface area contributed by atoms with E-state index in [2.05, 4.69) is 5.92 Å². The highest BCUT2D eigenvalue weighted by Crippen LogP contribution is 2.11. The van der Waals surface area contributed by atoms with Crippen LogP contribution in [0.5, 0.6) is 0 Å². The Hall–Kier alpha value is -2.01. The summed E-state index contributed by atoms with van der Waals surface area (Å²) >= 11 is 0. The van der Waals surface area contributed by atoms with Crippen LogP contribution < -0.4 is 5.56 Å². The average Bonchev–Trinajstić information content (AvgIpc) is 2.23. The first kappa shape index (κ1) is 8.58. The molecule has 1 aromatic carbocycles. The largest absolute Gasteiger partial charge is 0.318 e. The molecule has 0 unspecified atom stereocenters. The molecule has 0 aliphatic carbocycles. The van der Waals surface area contributed by atoms with Crippen LogP contribution in [0.15, 0.2) is 35.3 Å². The molecule has 2 heteroatoms. The summed E-state index contributed by atoms with van der Waals surface area (Å²) in [6, 6.07) is 7.28. The Morgan fingerprint density at radius 3 is 2.86 bits per heavy atom. The normalized spacial score (nSPS) is 10.0. The number of aryl methyl sites for hydroxylation is 1. The highest BCUT2D eigenvalue weighted by Gasteiger charge is 1.99. The number of benzene rings is 1. The number of pyridine rings is 1. The van der Waals surface area contributed by atoms with E-state index in [1.165, 1.54) is 0 Å². The number of hydrogen-bond acceptors (Lipinski definition) is 1. The fourth-order valence-corrected chi connectivity index (χ4v) is 1.43. The monoisotopic (exact) mass is 183 g/mol. The minimum absolute atomic E-state index is 0.00562. The molecule has 0 spiro atoms. The van der Waals surface area contributed by atoms with Crippen LogP contribution in [-0.2, 0) is 7.05 Å². The van der Waals surface area contributed by atoms with Gasteiger partial charge in [0.25, 0.3) is 5.56 Å². The van der Waals surface area contributed by atoms with Gasteiger partial charge in [0.1, 0.15) is 0 Å². The molecule has 1 aromatic heterocycles. The van der Waals surface area contributed by atoms with Crippen molar-refractivity contribution in [3.63, 3.8) is 0 Å². The zero-order valence-corrected chi connectivity index (χ0v) is 7.82. The van der Waals surface area contributed by atoms with Gasteiger partial charge in [0.15, 0.2) is 0 Å². The minimum atomic E-state index is 0.00562. The maximum absolute atomic E-state index is 11.6. The van der Waals surface area contributed by atoms with Gasteiger partial charge in [-0.25, -0.2) is 0 Å². The van der Waals surface area contributed by atoms with E-state index in [0.29, 0.717) is 5.39 Å². The Kier molecular flexibility index (Phi) is 1.86.